The predicted octanol–water partition coefficient (Wildman–Crippen LogP) is 3.87. The molecule has 0 bridgehead atoms. The lowest BCUT2D eigenvalue weighted by molar-refractivity contribution is 0.306. The molecule has 0 unspecified atom stereocenters. The molecule has 0 aromatic heterocycles. The van der Waals surface area contributed by atoms with E-state index in [1.54, 1.807) is 18.2 Å². The number of benzene rings is 2. The molecule has 0 fully saturated rings. The van der Waals surface area contributed by atoms with Gasteiger partial charge < -0.3 is 4.74 Å². The zero-order valence-corrected chi connectivity index (χ0v) is 13.6. The first-order valence-corrected chi connectivity index (χ1v) is 8.35. The van der Waals surface area contributed by atoms with Crippen molar-refractivity contribution in [1.82, 2.24) is 0 Å². The summed E-state index contributed by atoms with van der Waals surface area (Å²) in [5, 5.41) is 5.45. The molecule has 0 heterocycles. The molecule has 2 aromatic rings. The molecule has 2 N–H and O–H groups in total. The number of sulfonamides is 1. The molecule has 21 heavy (non-hydrogen) atoms. The number of nitrogens with two attached hydrogens (primary N) is 1. The van der Waals surface area contributed by atoms with Gasteiger partial charge in [0.1, 0.15) is 22.3 Å². The van der Waals surface area contributed by atoms with Gasteiger partial charge in [0.05, 0.1) is 5.02 Å². The van der Waals surface area contributed by atoms with Gasteiger partial charge >= 0.3 is 0 Å². The maximum Gasteiger partial charge on any atom is 0.239 e. The van der Waals surface area contributed by atoms with E-state index in [0.29, 0.717) is 5.02 Å². The molecular weight excluding hydrogens is 357 g/mol. The fourth-order valence-electron chi connectivity index (χ4n) is 1.63. The van der Waals surface area contributed by atoms with Crippen LogP contribution in [0.3, 0.4) is 0 Å². The molecule has 8 heteroatoms. The van der Waals surface area contributed by atoms with Crippen LogP contribution in [0.4, 0.5) is 0 Å². The van der Waals surface area contributed by atoms with Gasteiger partial charge in [-0.05, 0) is 29.8 Å². The van der Waals surface area contributed by atoms with Crippen molar-refractivity contribution in [2.24, 2.45) is 5.14 Å². The average molecular weight is 367 g/mol. The maximum absolute atomic E-state index is 11.3. The van der Waals surface area contributed by atoms with Crippen LogP contribution in [0.15, 0.2) is 41.3 Å². The second-order valence-corrected chi connectivity index (χ2v) is 6.88. The summed E-state index contributed by atoms with van der Waals surface area (Å²) in [5.74, 6) is 0.258. The first-order valence-electron chi connectivity index (χ1n) is 5.67. The summed E-state index contributed by atoms with van der Waals surface area (Å²) < 4.78 is 28.1. The minimum absolute atomic E-state index is 0.00906. The van der Waals surface area contributed by atoms with Crippen LogP contribution in [0, 0.1) is 0 Å². The van der Waals surface area contributed by atoms with E-state index >= 15 is 0 Å². The van der Waals surface area contributed by atoms with E-state index in [0.717, 1.165) is 5.56 Å². The smallest absolute Gasteiger partial charge is 0.239 e. The van der Waals surface area contributed by atoms with Gasteiger partial charge in [0.25, 0.3) is 0 Å². The molecule has 0 saturated heterocycles. The minimum atomic E-state index is -3.93. The van der Waals surface area contributed by atoms with E-state index in [2.05, 4.69) is 0 Å². The quantitative estimate of drug-likeness (QED) is 0.893. The molecule has 2 aromatic carbocycles. The van der Waals surface area contributed by atoms with Gasteiger partial charge in [0.2, 0.25) is 10.0 Å². The van der Waals surface area contributed by atoms with Crippen molar-refractivity contribution < 1.29 is 13.2 Å². The van der Waals surface area contributed by atoms with Crippen molar-refractivity contribution in [3.8, 4) is 5.75 Å². The van der Waals surface area contributed by atoms with Gasteiger partial charge in [-0.1, -0.05) is 46.9 Å². The normalized spacial score (nSPS) is 11.4. The van der Waals surface area contributed by atoms with Gasteiger partial charge in [0, 0.05) is 5.02 Å². The Morgan fingerprint density at radius 1 is 1.05 bits per heavy atom. The highest BCUT2D eigenvalue weighted by Gasteiger charge is 2.18. The van der Waals surface area contributed by atoms with E-state index in [-0.39, 0.29) is 27.3 Å². The van der Waals surface area contributed by atoms with E-state index in [9.17, 15) is 8.42 Å². The van der Waals surface area contributed by atoms with Crippen LogP contribution in [0.1, 0.15) is 5.56 Å². The Kier molecular flexibility index (Phi) is 5.01. The van der Waals surface area contributed by atoms with Crippen molar-refractivity contribution in [2.75, 3.05) is 0 Å². The molecule has 0 aliphatic carbocycles. The highest BCUT2D eigenvalue weighted by molar-refractivity contribution is 7.89. The Bertz CT molecular complexity index is 778. The summed E-state index contributed by atoms with van der Waals surface area (Å²) in [5.41, 5.74) is 0.838. The SMILES string of the molecule is NS(=O)(=O)c1ccc(OCc2cccc(Cl)c2)c(Cl)c1Cl. The van der Waals surface area contributed by atoms with Crippen molar-refractivity contribution in [2.45, 2.75) is 11.5 Å². The Morgan fingerprint density at radius 3 is 2.38 bits per heavy atom. The van der Waals surface area contributed by atoms with Crippen LogP contribution >= 0.6 is 34.8 Å². The van der Waals surface area contributed by atoms with Crippen LogP contribution < -0.4 is 9.88 Å². The van der Waals surface area contributed by atoms with E-state index in [4.69, 9.17) is 44.7 Å². The highest BCUT2D eigenvalue weighted by Crippen LogP contribution is 2.36. The number of rotatable bonds is 4. The minimum Gasteiger partial charge on any atom is -0.487 e. The first-order chi connectivity index (χ1) is 9.79. The summed E-state index contributed by atoms with van der Waals surface area (Å²) in [4.78, 5) is -0.246. The Labute approximate surface area is 137 Å². The van der Waals surface area contributed by atoms with Gasteiger partial charge in [0.15, 0.2) is 0 Å². The molecule has 0 amide bonds. The standard InChI is InChI=1S/C13H10Cl3NO3S/c14-9-3-1-2-8(6-9)7-20-10-4-5-11(21(17,18)19)13(16)12(10)15/h1-6H,7H2,(H2,17,18,19). The van der Waals surface area contributed by atoms with E-state index in [1.807, 2.05) is 6.07 Å². The second-order valence-electron chi connectivity index (χ2n) is 4.15. The maximum atomic E-state index is 11.3. The lowest BCUT2D eigenvalue weighted by atomic mass is 10.2. The van der Waals surface area contributed by atoms with Crippen LogP contribution in [0.5, 0.6) is 5.75 Å². The fourth-order valence-corrected chi connectivity index (χ4v) is 3.21. The van der Waals surface area contributed by atoms with Crippen LogP contribution in [-0.4, -0.2) is 8.42 Å². The van der Waals surface area contributed by atoms with Gasteiger partial charge in [-0.2, -0.15) is 0 Å². The van der Waals surface area contributed by atoms with E-state index in [1.165, 1.54) is 12.1 Å². The summed E-state index contributed by atoms with van der Waals surface area (Å²) in [7, 11) is -3.93. The lowest BCUT2D eigenvalue weighted by Crippen LogP contribution is -2.13. The predicted molar refractivity (Wildman–Crippen MR) is 83.6 cm³/mol. The zero-order chi connectivity index (χ0) is 15.6. The summed E-state index contributed by atoms with van der Waals surface area (Å²) in [6.07, 6.45) is 0. The Morgan fingerprint density at radius 2 is 1.76 bits per heavy atom. The number of ether oxygens (including phenoxy) is 1. The number of halogens is 3. The summed E-state index contributed by atoms with van der Waals surface area (Å²) in [6.45, 7) is 0.214. The third-order valence-corrected chi connectivity index (χ3v) is 4.77. The Balaban J connectivity index is 2.24. The molecule has 0 aliphatic heterocycles. The van der Waals surface area contributed by atoms with Gasteiger partial charge in [-0.3, -0.25) is 0 Å². The molecule has 0 saturated carbocycles. The fraction of sp³-hybridized carbons (Fsp3) is 0.0769. The molecular formula is C13H10Cl3NO3S. The third-order valence-electron chi connectivity index (χ3n) is 2.60. The molecule has 0 spiro atoms. The Hall–Kier alpha value is -0.980. The van der Waals surface area contributed by atoms with E-state index < -0.39 is 10.0 Å². The van der Waals surface area contributed by atoms with Crippen LogP contribution in [-0.2, 0) is 16.6 Å². The molecule has 4 nitrogen and oxygen atoms in total. The number of primary sulfonamides is 1. The van der Waals surface area contributed by atoms with Gasteiger partial charge in [-0.15, -0.1) is 0 Å². The second kappa shape index (κ2) is 6.42. The average Bonchev–Trinajstić information content (AvgIpc) is 2.39. The van der Waals surface area contributed by atoms with Crippen molar-refractivity contribution in [1.29, 1.82) is 0 Å². The zero-order valence-electron chi connectivity index (χ0n) is 10.5. The van der Waals surface area contributed by atoms with Crippen molar-refractivity contribution in [3.05, 3.63) is 57.0 Å². The number of hydrogen-bond donors (Lipinski definition) is 1. The molecule has 0 aliphatic rings. The van der Waals surface area contributed by atoms with Crippen LogP contribution in [0.2, 0.25) is 15.1 Å². The largest absolute Gasteiger partial charge is 0.487 e. The molecule has 0 radical (unpaired) electrons. The molecule has 112 valence electrons. The topological polar surface area (TPSA) is 69.4 Å². The summed E-state index contributed by atoms with van der Waals surface area (Å²) in [6, 6.07) is 9.76. The van der Waals surface area contributed by atoms with Crippen molar-refractivity contribution in [3.63, 3.8) is 0 Å². The first kappa shape index (κ1) is 16.4. The monoisotopic (exact) mass is 365 g/mol. The van der Waals surface area contributed by atoms with Crippen molar-refractivity contribution >= 4 is 44.8 Å². The number of hydrogen-bond acceptors (Lipinski definition) is 3. The molecule has 0 atom stereocenters. The summed E-state index contributed by atoms with van der Waals surface area (Å²) >= 11 is 17.8. The lowest BCUT2D eigenvalue weighted by Gasteiger charge is -2.11. The third kappa shape index (κ3) is 4.02. The highest BCUT2D eigenvalue weighted by atomic mass is 35.5. The van der Waals surface area contributed by atoms with Gasteiger partial charge in [-0.25, -0.2) is 13.6 Å². The van der Waals surface area contributed by atoms with Crippen LogP contribution in [0.25, 0.3) is 0 Å². The molecule has 2 rings (SSSR count).